The van der Waals surface area contributed by atoms with Crippen molar-refractivity contribution in [3.63, 3.8) is 0 Å². The number of aromatic amines is 1. The first-order valence-electron chi connectivity index (χ1n) is 3.97. The maximum atomic E-state index is 4.37. The standard InChI is InChI=1S/C9H11N3/c1-5-4-8-9(6(2)10-5)7(3)11-12-8/h4H,1-3H3,(H,11,12). The van der Waals surface area contributed by atoms with Gasteiger partial charge in [0.15, 0.2) is 0 Å². The SMILES string of the molecule is Cc1cc2n[nH]c(C)c2c(C)n1. The second-order valence-corrected chi connectivity index (χ2v) is 3.09. The number of hydrogen-bond acceptors (Lipinski definition) is 2. The Kier molecular flexibility index (Phi) is 1.40. The first-order valence-corrected chi connectivity index (χ1v) is 3.97. The summed E-state index contributed by atoms with van der Waals surface area (Å²) in [5.74, 6) is 0. The molecule has 0 fully saturated rings. The highest BCUT2D eigenvalue weighted by atomic mass is 15.1. The molecule has 2 rings (SSSR count). The molecule has 0 saturated heterocycles. The third-order valence-electron chi connectivity index (χ3n) is 2.03. The molecule has 62 valence electrons. The minimum Gasteiger partial charge on any atom is -0.282 e. The second kappa shape index (κ2) is 2.30. The van der Waals surface area contributed by atoms with Crippen molar-refractivity contribution in [3.8, 4) is 0 Å². The van der Waals surface area contributed by atoms with E-state index in [1.807, 2.05) is 26.8 Å². The number of pyridine rings is 1. The van der Waals surface area contributed by atoms with Crippen LogP contribution in [-0.2, 0) is 0 Å². The van der Waals surface area contributed by atoms with Crippen LogP contribution in [-0.4, -0.2) is 15.2 Å². The minimum absolute atomic E-state index is 1.01. The van der Waals surface area contributed by atoms with Gasteiger partial charge < -0.3 is 0 Å². The van der Waals surface area contributed by atoms with Crippen LogP contribution in [0.25, 0.3) is 10.9 Å². The summed E-state index contributed by atoms with van der Waals surface area (Å²) in [4.78, 5) is 4.37. The van der Waals surface area contributed by atoms with Crippen LogP contribution in [0.1, 0.15) is 17.1 Å². The largest absolute Gasteiger partial charge is 0.282 e. The van der Waals surface area contributed by atoms with Gasteiger partial charge in [0.1, 0.15) is 0 Å². The molecule has 2 heterocycles. The molecule has 0 bridgehead atoms. The minimum atomic E-state index is 1.01. The molecule has 0 aliphatic heterocycles. The highest BCUT2D eigenvalue weighted by molar-refractivity contribution is 5.83. The van der Waals surface area contributed by atoms with Gasteiger partial charge in [0.25, 0.3) is 0 Å². The zero-order valence-electron chi connectivity index (χ0n) is 7.47. The van der Waals surface area contributed by atoms with Gasteiger partial charge in [-0.15, -0.1) is 0 Å². The van der Waals surface area contributed by atoms with Crippen LogP contribution in [0.5, 0.6) is 0 Å². The van der Waals surface area contributed by atoms with Crippen molar-refractivity contribution in [1.29, 1.82) is 0 Å². The number of H-pyrrole nitrogens is 1. The summed E-state index contributed by atoms with van der Waals surface area (Å²) in [6.45, 7) is 6.01. The van der Waals surface area contributed by atoms with Crippen LogP contribution in [0, 0.1) is 20.8 Å². The van der Waals surface area contributed by atoms with Gasteiger partial charge in [-0.3, -0.25) is 10.1 Å². The Bertz CT molecular complexity index is 429. The fourth-order valence-electron chi connectivity index (χ4n) is 1.56. The van der Waals surface area contributed by atoms with Crippen molar-refractivity contribution in [2.75, 3.05) is 0 Å². The molecule has 3 heteroatoms. The van der Waals surface area contributed by atoms with E-state index in [0.29, 0.717) is 0 Å². The van der Waals surface area contributed by atoms with Gasteiger partial charge in [-0.2, -0.15) is 5.10 Å². The summed E-state index contributed by atoms with van der Waals surface area (Å²) in [5, 5.41) is 8.28. The second-order valence-electron chi connectivity index (χ2n) is 3.09. The molecule has 12 heavy (non-hydrogen) atoms. The summed E-state index contributed by atoms with van der Waals surface area (Å²) in [7, 11) is 0. The number of fused-ring (bicyclic) bond motifs is 1. The third-order valence-corrected chi connectivity index (χ3v) is 2.03. The topological polar surface area (TPSA) is 41.6 Å². The fraction of sp³-hybridized carbons (Fsp3) is 0.333. The molecule has 0 amide bonds. The van der Waals surface area contributed by atoms with Crippen molar-refractivity contribution in [3.05, 3.63) is 23.1 Å². The molecular weight excluding hydrogens is 150 g/mol. The number of nitrogens with one attached hydrogen (secondary N) is 1. The molecule has 0 atom stereocenters. The summed E-state index contributed by atoms with van der Waals surface area (Å²) in [5.41, 5.74) is 4.18. The molecule has 0 saturated carbocycles. The zero-order valence-corrected chi connectivity index (χ0v) is 7.47. The average molecular weight is 161 g/mol. The average Bonchev–Trinajstić information content (AvgIpc) is 2.31. The molecule has 0 unspecified atom stereocenters. The van der Waals surface area contributed by atoms with Crippen molar-refractivity contribution < 1.29 is 0 Å². The predicted octanol–water partition coefficient (Wildman–Crippen LogP) is 1.88. The molecule has 0 radical (unpaired) electrons. The normalized spacial score (nSPS) is 10.9. The van der Waals surface area contributed by atoms with Crippen LogP contribution >= 0.6 is 0 Å². The monoisotopic (exact) mass is 161 g/mol. The molecule has 0 aliphatic rings. The van der Waals surface area contributed by atoms with E-state index in [1.54, 1.807) is 0 Å². The quantitative estimate of drug-likeness (QED) is 0.641. The van der Waals surface area contributed by atoms with E-state index in [9.17, 15) is 0 Å². The van der Waals surface area contributed by atoms with Crippen LogP contribution < -0.4 is 0 Å². The predicted molar refractivity (Wildman–Crippen MR) is 48.1 cm³/mol. The summed E-state index contributed by atoms with van der Waals surface area (Å²) < 4.78 is 0. The zero-order chi connectivity index (χ0) is 8.72. The summed E-state index contributed by atoms with van der Waals surface area (Å²) in [6.07, 6.45) is 0. The number of nitrogens with zero attached hydrogens (tertiary/aromatic N) is 2. The van der Waals surface area contributed by atoms with E-state index in [4.69, 9.17) is 0 Å². The maximum Gasteiger partial charge on any atom is 0.0959 e. The van der Waals surface area contributed by atoms with E-state index in [-0.39, 0.29) is 0 Å². The molecular formula is C9H11N3. The van der Waals surface area contributed by atoms with E-state index in [0.717, 1.165) is 28.0 Å². The summed E-state index contributed by atoms with van der Waals surface area (Å²) >= 11 is 0. The van der Waals surface area contributed by atoms with Crippen molar-refractivity contribution in [1.82, 2.24) is 15.2 Å². The lowest BCUT2D eigenvalue weighted by Gasteiger charge is -1.97. The molecule has 1 N–H and O–H groups in total. The van der Waals surface area contributed by atoms with Gasteiger partial charge >= 0.3 is 0 Å². The van der Waals surface area contributed by atoms with Crippen molar-refractivity contribution in [2.24, 2.45) is 0 Å². The summed E-state index contributed by atoms with van der Waals surface area (Å²) in [6, 6.07) is 1.99. The fourth-order valence-corrected chi connectivity index (χ4v) is 1.56. The lowest BCUT2D eigenvalue weighted by molar-refractivity contribution is 1.07. The van der Waals surface area contributed by atoms with Crippen molar-refractivity contribution >= 4 is 10.9 Å². The number of hydrogen-bond donors (Lipinski definition) is 1. The highest BCUT2D eigenvalue weighted by Crippen LogP contribution is 2.18. The molecule has 2 aromatic rings. The maximum absolute atomic E-state index is 4.37. The molecule has 0 aromatic carbocycles. The smallest absolute Gasteiger partial charge is 0.0959 e. The lowest BCUT2D eigenvalue weighted by atomic mass is 10.2. The van der Waals surface area contributed by atoms with Gasteiger partial charge in [-0.25, -0.2) is 0 Å². The van der Waals surface area contributed by atoms with Crippen LogP contribution in [0.4, 0.5) is 0 Å². The highest BCUT2D eigenvalue weighted by Gasteiger charge is 2.05. The molecule has 0 aliphatic carbocycles. The Hall–Kier alpha value is -1.38. The van der Waals surface area contributed by atoms with E-state index in [2.05, 4.69) is 15.2 Å². The molecule has 0 spiro atoms. The first-order chi connectivity index (χ1) is 5.68. The van der Waals surface area contributed by atoms with E-state index < -0.39 is 0 Å². The Morgan fingerprint density at radius 3 is 2.75 bits per heavy atom. The molecule has 2 aromatic heterocycles. The van der Waals surface area contributed by atoms with Gasteiger partial charge in [-0.1, -0.05) is 0 Å². The van der Waals surface area contributed by atoms with Crippen LogP contribution in [0.3, 0.4) is 0 Å². The third kappa shape index (κ3) is 0.897. The molecule has 3 nitrogen and oxygen atoms in total. The Morgan fingerprint density at radius 2 is 2.00 bits per heavy atom. The van der Waals surface area contributed by atoms with E-state index in [1.165, 1.54) is 0 Å². The van der Waals surface area contributed by atoms with Gasteiger partial charge in [0, 0.05) is 22.5 Å². The van der Waals surface area contributed by atoms with Gasteiger partial charge in [0.05, 0.1) is 5.52 Å². The van der Waals surface area contributed by atoms with Gasteiger partial charge in [0.2, 0.25) is 0 Å². The van der Waals surface area contributed by atoms with Crippen molar-refractivity contribution in [2.45, 2.75) is 20.8 Å². The Balaban J connectivity index is 2.93. The van der Waals surface area contributed by atoms with Crippen LogP contribution in [0.2, 0.25) is 0 Å². The number of rotatable bonds is 0. The Morgan fingerprint density at radius 1 is 1.25 bits per heavy atom. The van der Waals surface area contributed by atoms with Crippen LogP contribution in [0.15, 0.2) is 6.07 Å². The Labute approximate surface area is 70.8 Å². The van der Waals surface area contributed by atoms with Gasteiger partial charge in [-0.05, 0) is 26.8 Å². The van der Waals surface area contributed by atoms with E-state index >= 15 is 0 Å². The lowest BCUT2D eigenvalue weighted by Crippen LogP contribution is -1.86. The first kappa shape index (κ1) is 7.28. The number of aromatic nitrogens is 3. The number of aryl methyl sites for hydroxylation is 3.